The van der Waals surface area contributed by atoms with Gasteiger partial charge >= 0.3 is 0 Å². The van der Waals surface area contributed by atoms with E-state index in [1.54, 1.807) is 0 Å². The first-order chi connectivity index (χ1) is 8.63. The molecule has 112 valence electrons. The molecule has 1 aliphatic heterocycles. The Morgan fingerprint density at radius 1 is 1.47 bits per heavy atom. The van der Waals surface area contributed by atoms with Crippen LogP contribution >= 0.6 is 12.4 Å². The number of carbonyl (C=O) groups is 2. The van der Waals surface area contributed by atoms with Gasteiger partial charge in [-0.1, -0.05) is 6.92 Å². The van der Waals surface area contributed by atoms with Crippen LogP contribution in [0.4, 0.5) is 0 Å². The Kier molecular flexibility index (Phi) is 9.55. The van der Waals surface area contributed by atoms with E-state index in [0.29, 0.717) is 32.7 Å². The van der Waals surface area contributed by atoms with Crippen LogP contribution in [0.25, 0.3) is 0 Å². The van der Waals surface area contributed by atoms with Crippen LogP contribution in [0, 0.1) is 0 Å². The molecule has 2 unspecified atom stereocenters. The van der Waals surface area contributed by atoms with Crippen LogP contribution in [0.2, 0.25) is 0 Å². The Bertz CT molecular complexity index is 283. The molecule has 0 aromatic rings. The van der Waals surface area contributed by atoms with E-state index in [1.165, 1.54) is 0 Å². The lowest BCUT2D eigenvalue weighted by Crippen LogP contribution is -2.51. The van der Waals surface area contributed by atoms with Crippen LogP contribution in [-0.4, -0.2) is 50.2 Å². The molecule has 0 bridgehead atoms. The maximum absolute atomic E-state index is 11.7. The van der Waals surface area contributed by atoms with Crippen LogP contribution in [0.3, 0.4) is 0 Å². The van der Waals surface area contributed by atoms with E-state index in [4.69, 9.17) is 4.74 Å². The van der Waals surface area contributed by atoms with E-state index >= 15 is 0 Å². The van der Waals surface area contributed by atoms with Crippen molar-refractivity contribution in [3.8, 4) is 0 Å². The molecule has 6 nitrogen and oxygen atoms in total. The van der Waals surface area contributed by atoms with Gasteiger partial charge in [-0.2, -0.15) is 0 Å². The third-order valence-corrected chi connectivity index (χ3v) is 2.91. The molecule has 3 N–H and O–H groups in total. The molecular formula is C12H24ClN3O3. The lowest BCUT2D eigenvalue weighted by atomic mass is 10.2. The van der Waals surface area contributed by atoms with Crippen molar-refractivity contribution in [1.29, 1.82) is 0 Å². The average Bonchev–Trinajstić information content (AvgIpc) is 2.39. The molecule has 0 aliphatic carbocycles. The van der Waals surface area contributed by atoms with Gasteiger partial charge in [-0.3, -0.25) is 9.59 Å². The molecule has 1 rings (SSSR count). The summed E-state index contributed by atoms with van der Waals surface area (Å²) in [6.07, 6.45) is 1.21. The second-order valence-electron chi connectivity index (χ2n) is 4.50. The first kappa shape index (κ1) is 18.1. The Hall–Kier alpha value is -0.850. The number of hydrogen-bond donors (Lipinski definition) is 3. The third-order valence-electron chi connectivity index (χ3n) is 2.91. The quantitative estimate of drug-likeness (QED) is 0.635. The second-order valence-corrected chi connectivity index (χ2v) is 4.50. The zero-order chi connectivity index (χ0) is 13.4. The minimum absolute atomic E-state index is 0. The van der Waals surface area contributed by atoms with Crippen molar-refractivity contribution >= 4 is 24.2 Å². The molecule has 1 heterocycles. The Labute approximate surface area is 120 Å². The Balaban J connectivity index is 0.00000324. The monoisotopic (exact) mass is 293 g/mol. The fourth-order valence-electron chi connectivity index (χ4n) is 1.61. The van der Waals surface area contributed by atoms with E-state index < -0.39 is 0 Å². The minimum Gasteiger partial charge on any atom is -0.378 e. The zero-order valence-electron chi connectivity index (χ0n) is 11.5. The third kappa shape index (κ3) is 7.34. The van der Waals surface area contributed by atoms with Crippen molar-refractivity contribution in [1.82, 2.24) is 16.0 Å². The van der Waals surface area contributed by atoms with E-state index in [9.17, 15) is 9.59 Å². The van der Waals surface area contributed by atoms with Crippen LogP contribution < -0.4 is 16.0 Å². The molecule has 19 heavy (non-hydrogen) atoms. The summed E-state index contributed by atoms with van der Waals surface area (Å²) in [5, 5.41) is 8.65. The van der Waals surface area contributed by atoms with E-state index in [2.05, 4.69) is 16.0 Å². The van der Waals surface area contributed by atoms with E-state index in [1.807, 2.05) is 13.8 Å². The van der Waals surface area contributed by atoms with Gasteiger partial charge in [-0.25, -0.2) is 0 Å². The number of hydrogen-bond acceptors (Lipinski definition) is 4. The second kappa shape index (κ2) is 10.00. The summed E-state index contributed by atoms with van der Waals surface area (Å²) in [5.74, 6) is -0.136. The van der Waals surface area contributed by atoms with Gasteiger partial charge in [0.2, 0.25) is 11.8 Å². The summed E-state index contributed by atoms with van der Waals surface area (Å²) in [5.41, 5.74) is 0. The van der Waals surface area contributed by atoms with Gasteiger partial charge in [0.05, 0.1) is 13.2 Å². The van der Waals surface area contributed by atoms with Crippen molar-refractivity contribution in [2.45, 2.75) is 38.8 Å². The Morgan fingerprint density at radius 3 is 2.79 bits per heavy atom. The normalized spacial score (nSPS) is 20.0. The molecule has 0 spiro atoms. The molecule has 0 aromatic heterocycles. The van der Waals surface area contributed by atoms with Gasteiger partial charge in [0.1, 0.15) is 6.04 Å². The van der Waals surface area contributed by atoms with Crippen molar-refractivity contribution in [2.24, 2.45) is 0 Å². The highest BCUT2D eigenvalue weighted by molar-refractivity contribution is 5.85. The molecular weight excluding hydrogens is 270 g/mol. The van der Waals surface area contributed by atoms with Gasteiger partial charge in [0, 0.05) is 25.6 Å². The predicted octanol–water partition coefficient (Wildman–Crippen LogP) is -0.182. The van der Waals surface area contributed by atoms with E-state index in [0.717, 1.165) is 6.42 Å². The van der Waals surface area contributed by atoms with Gasteiger partial charge in [-0.05, 0) is 13.3 Å². The van der Waals surface area contributed by atoms with Crippen molar-refractivity contribution < 1.29 is 14.3 Å². The highest BCUT2D eigenvalue weighted by Gasteiger charge is 2.20. The highest BCUT2D eigenvalue weighted by Crippen LogP contribution is 1.93. The topological polar surface area (TPSA) is 79.5 Å². The smallest absolute Gasteiger partial charge is 0.239 e. The van der Waals surface area contributed by atoms with Crippen LogP contribution in [-0.2, 0) is 14.3 Å². The van der Waals surface area contributed by atoms with Crippen molar-refractivity contribution in [3.05, 3.63) is 0 Å². The standard InChI is InChI=1S/C12H23N3O3.ClH/c1-3-9(2)15-11(16)4-5-14-12(17)10-8-18-7-6-13-10;/h9-10,13H,3-8H2,1-2H3,(H,14,17)(H,15,16);1H. The predicted molar refractivity (Wildman–Crippen MR) is 75.4 cm³/mol. The fourth-order valence-corrected chi connectivity index (χ4v) is 1.61. The summed E-state index contributed by atoms with van der Waals surface area (Å²) in [6, 6.07) is -0.113. The number of rotatable bonds is 6. The molecule has 2 atom stereocenters. The summed E-state index contributed by atoms with van der Waals surface area (Å²) in [7, 11) is 0. The molecule has 0 aromatic carbocycles. The molecule has 1 saturated heterocycles. The lowest BCUT2D eigenvalue weighted by Gasteiger charge is -2.22. The molecule has 2 amide bonds. The van der Waals surface area contributed by atoms with E-state index in [-0.39, 0.29) is 36.3 Å². The maximum Gasteiger partial charge on any atom is 0.239 e. The van der Waals surface area contributed by atoms with Gasteiger partial charge in [0.15, 0.2) is 0 Å². The molecule has 7 heteroatoms. The van der Waals surface area contributed by atoms with Crippen molar-refractivity contribution in [3.63, 3.8) is 0 Å². The summed E-state index contributed by atoms with van der Waals surface area (Å²) in [4.78, 5) is 23.1. The number of carbonyl (C=O) groups excluding carboxylic acids is 2. The SMILES string of the molecule is CCC(C)NC(=O)CCNC(=O)C1COCCN1.Cl. The Morgan fingerprint density at radius 2 is 2.21 bits per heavy atom. The zero-order valence-corrected chi connectivity index (χ0v) is 12.3. The lowest BCUT2D eigenvalue weighted by molar-refractivity contribution is -0.126. The van der Waals surface area contributed by atoms with Crippen molar-refractivity contribution in [2.75, 3.05) is 26.3 Å². The average molecular weight is 294 g/mol. The number of halogens is 1. The van der Waals surface area contributed by atoms with Crippen LogP contribution in [0.5, 0.6) is 0 Å². The number of ether oxygens (including phenoxy) is 1. The molecule has 0 radical (unpaired) electrons. The highest BCUT2D eigenvalue weighted by atomic mass is 35.5. The van der Waals surface area contributed by atoms with Gasteiger partial charge < -0.3 is 20.7 Å². The summed E-state index contributed by atoms with van der Waals surface area (Å²) >= 11 is 0. The summed E-state index contributed by atoms with van der Waals surface area (Å²) < 4.78 is 5.20. The number of morpholine rings is 1. The first-order valence-electron chi connectivity index (χ1n) is 6.51. The summed E-state index contributed by atoms with van der Waals surface area (Å²) in [6.45, 7) is 6.05. The maximum atomic E-state index is 11.7. The van der Waals surface area contributed by atoms with Crippen LogP contribution in [0.15, 0.2) is 0 Å². The fraction of sp³-hybridized carbons (Fsp3) is 0.833. The number of nitrogens with one attached hydrogen (secondary N) is 3. The largest absolute Gasteiger partial charge is 0.378 e. The molecule has 1 aliphatic rings. The van der Waals surface area contributed by atoms with Gasteiger partial charge in [-0.15, -0.1) is 12.4 Å². The molecule has 0 saturated carbocycles. The molecule has 1 fully saturated rings. The number of amides is 2. The van der Waals surface area contributed by atoms with Gasteiger partial charge in [0.25, 0.3) is 0 Å². The van der Waals surface area contributed by atoms with Crippen LogP contribution in [0.1, 0.15) is 26.7 Å². The first-order valence-corrected chi connectivity index (χ1v) is 6.51. The minimum atomic E-state index is -0.295.